The molecule has 0 aromatic heterocycles. The molecule has 0 spiro atoms. The minimum atomic E-state index is -1.79. The summed E-state index contributed by atoms with van der Waals surface area (Å²) in [6, 6.07) is -0.865. The number of hydrogen-bond acceptors (Lipinski definition) is 13. The Labute approximate surface area is 576 Å². The van der Waals surface area contributed by atoms with Gasteiger partial charge >= 0.3 is 0 Å². The molecule has 2 fully saturated rings. The fraction of sp³-hybridized carbons (Fsp3) is 0.691. The number of carbonyl (C=O) groups excluding carboxylic acids is 1. The molecule has 2 rings (SSSR count). The van der Waals surface area contributed by atoms with Gasteiger partial charge in [-0.1, -0.05) is 301 Å². The van der Waals surface area contributed by atoms with E-state index in [9.17, 15) is 45.6 Å². The van der Waals surface area contributed by atoms with Crippen LogP contribution in [0.5, 0.6) is 0 Å². The monoisotopic (exact) mass is 1330 g/mol. The van der Waals surface area contributed by atoms with E-state index in [4.69, 9.17) is 18.9 Å². The average molecular weight is 1330 g/mol. The van der Waals surface area contributed by atoms with Crippen LogP contribution in [0.3, 0.4) is 0 Å². The second-order valence-corrected chi connectivity index (χ2v) is 25.7. The summed E-state index contributed by atoms with van der Waals surface area (Å²) in [5.41, 5.74) is 0. The number of allylic oxidation sites excluding steroid dienone is 24. The molecule has 0 radical (unpaired) electrons. The maximum absolute atomic E-state index is 13.4. The van der Waals surface area contributed by atoms with E-state index in [-0.39, 0.29) is 18.9 Å². The fourth-order valence-electron chi connectivity index (χ4n) is 11.4. The van der Waals surface area contributed by atoms with Crippen LogP contribution < -0.4 is 5.32 Å². The number of hydrogen-bond donors (Lipinski definition) is 9. The first kappa shape index (κ1) is 87.0. The van der Waals surface area contributed by atoms with Crippen LogP contribution in [0, 0.1) is 0 Å². The van der Waals surface area contributed by atoms with Gasteiger partial charge in [-0.2, -0.15) is 0 Å². The molecule has 0 saturated carbocycles. The first-order chi connectivity index (χ1) is 46.6. The molecule has 2 saturated heterocycles. The largest absolute Gasteiger partial charge is 0.394 e. The Morgan fingerprint density at radius 2 is 0.726 bits per heavy atom. The van der Waals surface area contributed by atoms with Crippen LogP contribution in [0.2, 0.25) is 0 Å². The SMILES string of the molecule is CC/C=C\C/C=C\C/C=C\C/C=C\C/C=C\C/C=C\C/C=C\C/C=C\C/C=C\C/C=C\C/C=C\C/C=C\CCCCC(=O)NC(COC1OC(CO)C(OC2OC(CO)C(O)C(O)C2O)C(O)C1O)C(O)CCCCCCCCCCCCCCCCCCCCCCCC. The highest BCUT2D eigenvalue weighted by Crippen LogP contribution is 2.30. The highest BCUT2D eigenvalue weighted by molar-refractivity contribution is 5.76. The molecule has 2 heterocycles. The van der Waals surface area contributed by atoms with Crippen molar-refractivity contribution in [1.82, 2.24) is 5.32 Å². The smallest absolute Gasteiger partial charge is 0.220 e. The van der Waals surface area contributed by atoms with E-state index >= 15 is 0 Å². The van der Waals surface area contributed by atoms with Crippen molar-refractivity contribution < 1.29 is 64.6 Å². The molecule has 0 aromatic carbocycles. The first-order valence-corrected chi connectivity index (χ1v) is 37.6. The third-order valence-electron chi connectivity index (χ3n) is 17.3. The van der Waals surface area contributed by atoms with Crippen LogP contribution in [0.4, 0.5) is 0 Å². The lowest BCUT2D eigenvalue weighted by atomic mass is 9.97. The second-order valence-electron chi connectivity index (χ2n) is 25.7. The summed E-state index contributed by atoms with van der Waals surface area (Å²) in [6.45, 7) is 2.73. The molecule has 2 aliphatic rings. The van der Waals surface area contributed by atoms with Crippen molar-refractivity contribution in [3.63, 3.8) is 0 Å². The van der Waals surface area contributed by atoms with Crippen molar-refractivity contribution in [2.45, 2.75) is 338 Å². The normalized spacial score (nSPS) is 23.2. The summed E-state index contributed by atoms with van der Waals surface area (Å²) < 4.78 is 22.9. The van der Waals surface area contributed by atoms with Gasteiger partial charge in [0.15, 0.2) is 12.6 Å². The summed E-state index contributed by atoms with van der Waals surface area (Å²) in [5.74, 6) is -0.252. The van der Waals surface area contributed by atoms with E-state index < -0.39 is 86.8 Å². The quantitative estimate of drug-likeness (QED) is 0.0204. The fourth-order valence-corrected chi connectivity index (χ4v) is 11.4. The number of rotatable bonds is 60. The maximum atomic E-state index is 13.4. The van der Waals surface area contributed by atoms with Gasteiger partial charge in [-0.3, -0.25) is 4.79 Å². The molecule has 95 heavy (non-hydrogen) atoms. The number of aliphatic hydroxyl groups excluding tert-OH is 8. The van der Waals surface area contributed by atoms with Crippen molar-refractivity contribution >= 4 is 5.91 Å². The van der Waals surface area contributed by atoms with E-state index in [1.165, 1.54) is 116 Å². The number of ether oxygens (including phenoxy) is 4. The molecule has 9 N–H and O–H groups in total. The third kappa shape index (κ3) is 46.7. The Kier molecular flexibility index (Phi) is 58.0. The van der Waals surface area contributed by atoms with Crippen molar-refractivity contribution in [3.8, 4) is 0 Å². The van der Waals surface area contributed by atoms with Gasteiger partial charge in [-0.25, -0.2) is 0 Å². The molecular weight excluding hydrogens is 1190 g/mol. The Morgan fingerprint density at radius 1 is 0.389 bits per heavy atom. The molecular formula is C81H135NO13. The zero-order chi connectivity index (χ0) is 68.7. The Bertz CT molecular complexity index is 2160. The van der Waals surface area contributed by atoms with Gasteiger partial charge in [-0.15, -0.1) is 0 Å². The highest BCUT2D eigenvalue weighted by Gasteiger charge is 2.51. The van der Waals surface area contributed by atoms with Crippen LogP contribution in [0.1, 0.15) is 264 Å². The van der Waals surface area contributed by atoms with Gasteiger partial charge in [0.25, 0.3) is 0 Å². The number of amides is 1. The van der Waals surface area contributed by atoms with Gasteiger partial charge < -0.3 is 65.1 Å². The molecule has 1 amide bonds. The van der Waals surface area contributed by atoms with E-state index in [1.54, 1.807) is 0 Å². The average Bonchev–Trinajstić information content (AvgIpc) is 0.801. The van der Waals surface area contributed by atoms with Crippen LogP contribution in [0.15, 0.2) is 146 Å². The molecule has 12 unspecified atom stereocenters. The van der Waals surface area contributed by atoms with Crippen LogP contribution in [-0.2, 0) is 23.7 Å². The number of aliphatic hydroxyl groups is 8. The zero-order valence-electron chi connectivity index (χ0n) is 59.1. The summed E-state index contributed by atoms with van der Waals surface area (Å²) in [7, 11) is 0. The number of unbranched alkanes of at least 4 members (excludes halogenated alkanes) is 23. The van der Waals surface area contributed by atoms with E-state index in [0.29, 0.717) is 12.8 Å². The Morgan fingerprint density at radius 3 is 1.09 bits per heavy atom. The molecule has 14 nitrogen and oxygen atoms in total. The lowest BCUT2D eigenvalue weighted by molar-refractivity contribution is -0.359. The van der Waals surface area contributed by atoms with Crippen molar-refractivity contribution in [3.05, 3.63) is 146 Å². The zero-order valence-corrected chi connectivity index (χ0v) is 59.1. The predicted octanol–water partition coefficient (Wildman–Crippen LogP) is 16.4. The van der Waals surface area contributed by atoms with Crippen LogP contribution >= 0.6 is 0 Å². The highest BCUT2D eigenvalue weighted by atomic mass is 16.7. The predicted molar refractivity (Wildman–Crippen MR) is 391 cm³/mol. The molecule has 0 aromatic rings. The van der Waals surface area contributed by atoms with E-state index in [1.807, 2.05) is 0 Å². The lowest BCUT2D eigenvalue weighted by Gasteiger charge is -2.46. The minimum absolute atomic E-state index is 0.240. The van der Waals surface area contributed by atoms with Gasteiger partial charge in [0.2, 0.25) is 5.91 Å². The number of carbonyl (C=O) groups is 1. The van der Waals surface area contributed by atoms with Gasteiger partial charge in [-0.05, 0) is 103 Å². The Hall–Kier alpha value is -4.13. The second kappa shape index (κ2) is 63.3. The first-order valence-electron chi connectivity index (χ1n) is 37.6. The molecule has 0 aliphatic carbocycles. The maximum Gasteiger partial charge on any atom is 0.220 e. The molecule has 12 atom stereocenters. The molecule has 14 heteroatoms. The lowest BCUT2D eigenvalue weighted by Crippen LogP contribution is -2.65. The van der Waals surface area contributed by atoms with Gasteiger partial charge in [0.05, 0.1) is 32.0 Å². The van der Waals surface area contributed by atoms with Crippen LogP contribution in [0.25, 0.3) is 0 Å². The van der Waals surface area contributed by atoms with E-state index in [2.05, 4.69) is 165 Å². The van der Waals surface area contributed by atoms with Crippen molar-refractivity contribution in [1.29, 1.82) is 0 Å². The summed E-state index contributed by atoms with van der Waals surface area (Å²) in [5, 5.41) is 87.7. The third-order valence-corrected chi connectivity index (χ3v) is 17.3. The Balaban J connectivity index is 1.67. The van der Waals surface area contributed by atoms with Gasteiger partial charge in [0.1, 0.15) is 48.8 Å². The van der Waals surface area contributed by atoms with Crippen molar-refractivity contribution in [2.75, 3.05) is 19.8 Å². The summed E-state index contributed by atoms with van der Waals surface area (Å²) >= 11 is 0. The minimum Gasteiger partial charge on any atom is -0.394 e. The van der Waals surface area contributed by atoms with Crippen LogP contribution in [-0.4, -0.2) is 140 Å². The van der Waals surface area contributed by atoms with E-state index in [0.717, 1.165) is 116 Å². The molecule has 0 bridgehead atoms. The summed E-state index contributed by atoms with van der Waals surface area (Å²) in [6.07, 6.45) is 78.6. The standard InChI is InChI=1S/C81H135NO13/c1-3-5-7-9-11-13-15-17-19-21-23-25-27-28-29-30-31-32-33-34-35-36-37-38-39-40-41-42-43-45-47-49-51-53-55-57-59-61-63-65-73(86)82-69(68-92-80-78(91)76(89)79(72(67-84)94-80)95-81-77(90)75(88)74(87)71(66-83)93-81)70(85)64-62-60-58-56-54-52-50-48-46-44-26-24-22-20-18-16-14-12-10-8-6-4-2/h5,7,11,13,17,19,23,25,28-29,31-32,34-35,37-38,40-41,43,45,49,51,55,57,69-72,74-81,83-85,87-91H,3-4,6,8-10,12,14-16,18,20-22,24,26-27,30,33,36,39,42,44,46-48,50,52-54,56,58-68H2,1-2H3,(H,82,86)/b7-5-,13-11-,19-17-,25-23-,29-28-,32-31-,35-34-,38-37-,41-40-,45-43-,51-49-,57-55-. The topological polar surface area (TPSA) is 228 Å². The van der Waals surface area contributed by atoms with Crippen molar-refractivity contribution in [2.24, 2.45) is 0 Å². The number of nitrogens with one attached hydrogen (secondary N) is 1. The van der Waals surface area contributed by atoms with Gasteiger partial charge in [0, 0.05) is 6.42 Å². The molecule has 2 aliphatic heterocycles. The summed E-state index contributed by atoms with van der Waals surface area (Å²) in [4.78, 5) is 13.4. The molecule has 542 valence electrons.